The van der Waals surface area contributed by atoms with Crippen LogP contribution in [0.3, 0.4) is 0 Å². The van der Waals surface area contributed by atoms with E-state index in [-0.39, 0.29) is 16.7 Å². The van der Waals surface area contributed by atoms with Gasteiger partial charge >= 0.3 is 0 Å². The number of anilines is 4. The third-order valence-corrected chi connectivity index (χ3v) is 5.67. The van der Waals surface area contributed by atoms with Gasteiger partial charge in [-0.15, -0.1) is 0 Å². The summed E-state index contributed by atoms with van der Waals surface area (Å²) in [4.78, 5) is 23.5. The smallest absolute Gasteiger partial charge is 0.276 e. The number of hydrogen-bond donors (Lipinski definition) is 3. The number of aromatic nitrogens is 2. The zero-order chi connectivity index (χ0) is 21.8. The average molecular weight is 478 g/mol. The summed E-state index contributed by atoms with van der Waals surface area (Å²) in [5.74, 6) is -0.297. The van der Waals surface area contributed by atoms with Gasteiger partial charge in [0.2, 0.25) is 5.95 Å². The lowest BCUT2D eigenvalue weighted by molar-refractivity contribution is 0.102. The fourth-order valence-electron chi connectivity index (χ4n) is 3.18. The molecule has 10 heteroatoms. The monoisotopic (exact) mass is 476 g/mol. The van der Waals surface area contributed by atoms with Crippen molar-refractivity contribution in [1.82, 2.24) is 15.3 Å². The molecule has 1 aromatic heterocycles. The van der Waals surface area contributed by atoms with Crippen molar-refractivity contribution >= 4 is 63.7 Å². The number of para-hydroxylation sites is 1. The zero-order valence-corrected chi connectivity index (χ0v) is 18.6. The van der Waals surface area contributed by atoms with Crippen LogP contribution in [0.25, 0.3) is 0 Å². The predicted octanol–water partition coefficient (Wildman–Crippen LogP) is 4.84. The number of hydrogen-bond acceptors (Lipinski definition) is 6. The molecule has 1 aliphatic heterocycles. The highest BCUT2D eigenvalue weighted by molar-refractivity contribution is 6.40. The molecule has 0 saturated carbocycles. The van der Waals surface area contributed by atoms with Crippen molar-refractivity contribution in [2.24, 2.45) is 0 Å². The van der Waals surface area contributed by atoms with E-state index in [4.69, 9.17) is 34.8 Å². The van der Waals surface area contributed by atoms with E-state index >= 15 is 0 Å². The van der Waals surface area contributed by atoms with E-state index in [1.165, 1.54) is 6.20 Å². The summed E-state index contributed by atoms with van der Waals surface area (Å²) < 4.78 is 0. The molecule has 7 nitrogen and oxygen atoms in total. The van der Waals surface area contributed by atoms with Gasteiger partial charge in [-0.3, -0.25) is 4.79 Å². The lowest BCUT2D eigenvalue weighted by Crippen LogP contribution is -2.43. The van der Waals surface area contributed by atoms with E-state index < -0.39 is 5.91 Å². The Balaban J connectivity index is 1.49. The molecule has 160 valence electrons. The van der Waals surface area contributed by atoms with Crippen LogP contribution in [0.2, 0.25) is 15.1 Å². The number of nitrogens with one attached hydrogen (secondary N) is 3. The molecule has 1 fully saturated rings. The molecule has 1 aliphatic rings. The molecule has 1 amide bonds. The Kier molecular flexibility index (Phi) is 6.77. The van der Waals surface area contributed by atoms with Crippen molar-refractivity contribution in [2.75, 3.05) is 41.7 Å². The van der Waals surface area contributed by atoms with E-state index in [2.05, 4.69) is 30.8 Å². The number of amides is 1. The molecule has 1 saturated heterocycles. The van der Waals surface area contributed by atoms with Gasteiger partial charge in [-0.2, -0.15) is 0 Å². The standard InChI is InChI=1S/C21H19Cl3N6O/c22-15-2-1-3-16(23)18(15)28-20(31)19-17(24)12-26-21(29-19)27-13-4-6-14(7-5-13)30-10-8-25-9-11-30/h1-7,12,25H,8-11H2,(H,28,31)(H,26,27,29). The second-order valence-electron chi connectivity index (χ2n) is 6.85. The van der Waals surface area contributed by atoms with Gasteiger partial charge in [0, 0.05) is 37.6 Å². The van der Waals surface area contributed by atoms with Gasteiger partial charge in [0.1, 0.15) is 0 Å². The minimum absolute atomic E-state index is 0.00703. The van der Waals surface area contributed by atoms with E-state index in [9.17, 15) is 4.79 Å². The summed E-state index contributed by atoms with van der Waals surface area (Å²) in [6.07, 6.45) is 1.37. The van der Waals surface area contributed by atoms with Crippen LogP contribution >= 0.6 is 34.8 Å². The molecular formula is C21H19Cl3N6O. The zero-order valence-electron chi connectivity index (χ0n) is 16.3. The first-order valence-corrected chi connectivity index (χ1v) is 10.8. The number of carbonyl (C=O) groups is 1. The molecule has 4 rings (SSSR count). The van der Waals surface area contributed by atoms with Gasteiger partial charge in [-0.25, -0.2) is 9.97 Å². The fraction of sp³-hybridized carbons (Fsp3) is 0.190. The van der Waals surface area contributed by atoms with Crippen molar-refractivity contribution in [2.45, 2.75) is 0 Å². The van der Waals surface area contributed by atoms with Crippen molar-refractivity contribution < 1.29 is 4.79 Å². The minimum Gasteiger partial charge on any atom is -0.369 e. The summed E-state index contributed by atoms with van der Waals surface area (Å²) in [5, 5.41) is 9.83. The molecule has 0 atom stereocenters. The van der Waals surface area contributed by atoms with E-state index in [1.54, 1.807) is 18.2 Å². The Labute approximate surface area is 194 Å². The highest BCUT2D eigenvalue weighted by Gasteiger charge is 2.17. The van der Waals surface area contributed by atoms with Crippen LogP contribution in [0.1, 0.15) is 10.5 Å². The molecule has 0 spiro atoms. The predicted molar refractivity (Wildman–Crippen MR) is 126 cm³/mol. The minimum atomic E-state index is -0.542. The number of halogens is 3. The molecule has 0 unspecified atom stereocenters. The maximum absolute atomic E-state index is 12.7. The summed E-state index contributed by atoms with van der Waals surface area (Å²) >= 11 is 18.4. The summed E-state index contributed by atoms with van der Waals surface area (Å²) in [5.41, 5.74) is 2.25. The maximum Gasteiger partial charge on any atom is 0.276 e. The van der Waals surface area contributed by atoms with Crippen molar-refractivity contribution in [3.05, 3.63) is 69.4 Å². The van der Waals surface area contributed by atoms with Gasteiger partial charge < -0.3 is 20.9 Å². The molecule has 0 radical (unpaired) electrons. The third kappa shape index (κ3) is 5.19. The van der Waals surface area contributed by atoms with Crippen LogP contribution in [0.15, 0.2) is 48.7 Å². The van der Waals surface area contributed by atoms with Crippen LogP contribution in [0.4, 0.5) is 23.0 Å². The Morgan fingerprint density at radius 1 is 0.968 bits per heavy atom. The average Bonchev–Trinajstić information content (AvgIpc) is 2.79. The van der Waals surface area contributed by atoms with Crippen LogP contribution in [0, 0.1) is 0 Å². The first-order valence-electron chi connectivity index (χ1n) is 9.62. The normalized spacial score (nSPS) is 13.7. The van der Waals surface area contributed by atoms with E-state index in [1.807, 2.05) is 24.3 Å². The Morgan fingerprint density at radius 2 is 1.65 bits per heavy atom. The van der Waals surface area contributed by atoms with Gasteiger partial charge in [-0.05, 0) is 36.4 Å². The lowest BCUT2D eigenvalue weighted by Gasteiger charge is -2.29. The molecular weight excluding hydrogens is 459 g/mol. The van der Waals surface area contributed by atoms with Crippen LogP contribution in [-0.2, 0) is 0 Å². The van der Waals surface area contributed by atoms with Crippen LogP contribution in [-0.4, -0.2) is 42.1 Å². The SMILES string of the molecule is O=C(Nc1c(Cl)cccc1Cl)c1nc(Nc2ccc(N3CCNCC3)cc2)ncc1Cl. The molecule has 2 aromatic carbocycles. The molecule has 2 heterocycles. The van der Waals surface area contributed by atoms with Crippen molar-refractivity contribution in [3.63, 3.8) is 0 Å². The van der Waals surface area contributed by atoms with Gasteiger partial charge in [0.25, 0.3) is 5.91 Å². The molecule has 3 N–H and O–H groups in total. The van der Waals surface area contributed by atoms with Gasteiger partial charge in [-0.1, -0.05) is 40.9 Å². The van der Waals surface area contributed by atoms with Crippen LogP contribution in [0.5, 0.6) is 0 Å². The summed E-state index contributed by atoms with van der Waals surface area (Å²) in [6, 6.07) is 12.9. The molecule has 0 aliphatic carbocycles. The number of piperazine rings is 1. The van der Waals surface area contributed by atoms with Gasteiger partial charge in [0.05, 0.1) is 27.0 Å². The highest BCUT2D eigenvalue weighted by Crippen LogP contribution is 2.30. The molecule has 31 heavy (non-hydrogen) atoms. The maximum atomic E-state index is 12.7. The van der Waals surface area contributed by atoms with Crippen molar-refractivity contribution in [1.29, 1.82) is 0 Å². The second-order valence-corrected chi connectivity index (χ2v) is 8.07. The quantitative estimate of drug-likeness (QED) is 0.488. The number of carbonyl (C=O) groups excluding carboxylic acids is 1. The Bertz CT molecular complexity index is 1070. The third-order valence-electron chi connectivity index (χ3n) is 4.77. The largest absolute Gasteiger partial charge is 0.369 e. The lowest BCUT2D eigenvalue weighted by atomic mass is 10.2. The summed E-state index contributed by atoms with van der Waals surface area (Å²) in [7, 11) is 0. The first kappa shape index (κ1) is 21.6. The summed E-state index contributed by atoms with van der Waals surface area (Å²) in [6.45, 7) is 3.90. The van der Waals surface area contributed by atoms with Crippen molar-refractivity contribution in [3.8, 4) is 0 Å². The number of benzene rings is 2. The van der Waals surface area contributed by atoms with Gasteiger partial charge in [0.15, 0.2) is 5.69 Å². The van der Waals surface area contributed by atoms with E-state index in [0.29, 0.717) is 15.7 Å². The first-order chi connectivity index (χ1) is 15.0. The topological polar surface area (TPSA) is 82.2 Å². The number of nitrogens with zero attached hydrogens (tertiary/aromatic N) is 3. The molecule has 0 bridgehead atoms. The number of rotatable bonds is 5. The second kappa shape index (κ2) is 9.70. The Hall–Kier alpha value is -2.58. The molecule has 3 aromatic rings. The Morgan fingerprint density at radius 3 is 2.32 bits per heavy atom. The van der Waals surface area contributed by atoms with E-state index in [0.717, 1.165) is 37.6 Å². The van der Waals surface area contributed by atoms with Crippen LogP contribution < -0.4 is 20.9 Å². The highest BCUT2D eigenvalue weighted by atomic mass is 35.5. The fourth-order valence-corrected chi connectivity index (χ4v) is 3.85.